The fraction of sp³-hybridized carbons (Fsp3) is 0.286. The van der Waals surface area contributed by atoms with E-state index in [1.54, 1.807) is 0 Å². The summed E-state index contributed by atoms with van der Waals surface area (Å²) in [6, 6.07) is 7.88. The van der Waals surface area contributed by atoms with Gasteiger partial charge in [-0.05, 0) is 24.3 Å². The van der Waals surface area contributed by atoms with Crippen LogP contribution in [-0.2, 0) is 15.7 Å². The third kappa shape index (κ3) is 4.73. The molecule has 1 N–H and O–H groups in total. The first-order valence-electron chi connectivity index (χ1n) is 9.82. The minimum absolute atomic E-state index is 0.0597. The molecule has 1 aromatic heterocycles. The van der Waals surface area contributed by atoms with Crippen molar-refractivity contribution in [2.24, 2.45) is 0 Å². The van der Waals surface area contributed by atoms with Gasteiger partial charge in [-0.3, -0.25) is 9.36 Å². The van der Waals surface area contributed by atoms with Gasteiger partial charge in [-0.15, -0.1) is 10.2 Å². The van der Waals surface area contributed by atoms with Crippen molar-refractivity contribution in [1.82, 2.24) is 14.8 Å². The molecule has 0 amide bonds. The molecule has 0 bridgehead atoms. The van der Waals surface area contributed by atoms with Crippen LogP contribution in [0.4, 0.5) is 22.0 Å². The molecule has 0 spiro atoms. The maximum Gasteiger partial charge on any atom is 0.452 e. The highest BCUT2D eigenvalue weighted by Crippen LogP contribution is 2.47. The highest BCUT2D eigenvalue weighted by Gasteiger charge is 2.44. The fourth-order valence-electron chi connectivity index (χ4n) is 3.85. The normalized spacial score (nSPS) is 17.5. The zero-order chi connectivity index (χ0) is 25.5. The molecule has 186 valence electrons. The third-order valence-electron chi connectivity index (χ3n) is 5.11. The fourth-order valence-corrected chi connectivity index (χ4v) is 4.03. The molecule has 0 aliphatic carbocycles. The van der Waals surface area contributed by atoms with Gasteiger partial charge in [-0.2, -0.15) is 22.0 Å². The molecule has 0 fully saturated rings. The van der Waals surface area contributed by atoms with Crippen molar-refractivity contribution in [1.29, 1.82) is 0 Å². The largest absolute Gasteiger partial charge is 0.492 e. The number of hydrogen-bond acceptors (Lipinski definition) is 6. The number of carboxylic acid groups (broad SMARTS) is 1. The number of benzene rings is 2. The summed E-state index contributed by atoms with van der Waals surface area (Å²) in [6.45, 7) is -3.19. The minimum atomic E-state index is -4.95. The number of ether oxygens (including phenoxy) is 3. The number of rotatable bonds is 6. The van der Waals surface area contributed by atoms with E-state index in [0.29, 0.717) is 4.57 Å². The van der Waals surface area contributed by atoms with Crippen molar-refractivity contribution in [3.05, 3.63) is 64.2 Å². The molecule has 0 radical (unpaired) electrons. The molecule has 0 saturated carbocycles. The Hall–Kier alpha value is -3.45. The first-order chi connectivity index (χ1) is 16.5. The van der Waals surface area contributed by atoms with Crippen molar-refractivity contribution in [2.45, 2.75) is 31.4 Å². The molecule has 1 aliphatic rings. The third-order valence-corrected chi connectivity index (χ3v) is 5.35. The van der Waals surface area contributed by atoms with E-state index in [1.807, 2.05) is 0 Å². The van der Waals surface area contributed by atoms with Crippen LogP contribution >= 0.6 is 11.6 Å². The molecule has 2 aromatic carbocycles. The van der Waals surface area contributed by atoms with E-state index in [9.17, 15) is 31.9 Å². The molecule has 1 aliphatic heterocycles. The Balaban J connectivity index is 2.01. The van der Waals surface area contributed by atoms with E-state index in [0.717, 1.165) is 0 Å². The lowest BCUT2D eigenvalue weighted by Crippen LogP contribution is -2.17. The molecule has 2 atom stereocenters. The smallest absolute Gasteiger partial charge is 0.452 e. The first-order valence-corrected chi connectivity index (χ1v) is 10.2. The van der Waals surface area contributed by atoms with Gasteiger partial charge in [0.05, 0.1) is 19.2 Å². The van der Waals surface area contributed by atoms with Gasteiger partial charge in [0.15, 0.2) is 17.3 Å². The van der Waals surface area contributed by atoms with Gasteiger partial charge < -0.3 is 19.3 Å². The Morgan fingerprint density at radius 2 is 1.97 bits per heavy atom. The summed E-state index contributed by atoms with van der Waals surface area (Å²) in [5.41, 5.74) is 0.0445. The predicted octanol–water partition coefficient (Wildman–Crippen LogP) is 5.18. The number of aliphatic carboxylic acids is 1. The summed E-state index contributed by atoms with van der Waals surface area (Å²) in [5.74, 6) is -3.75. The standard InChI is InChI=1S/C21H15ClF5N3O5/c1-33-17-10(3-2-4-13(17)35-20(23)24)16-11-7-9(22)5-6-12(11)30-18(14(34-16)8-15(31)32)28-29-19(30)21(25,26)27/h2-7,14,16,20H,8H2,1H3,(H,31,32)/t14-,16-/m1/s1. The number of hydrogen-bond donors (Lipinski definition) is 1. The van der Waals surface area contributed by atoms with E-state index in [4.69, 9.17) is 21.1 Å². The van der Waals surface area contributed by atoms with Crippen molar-refractivity contribution in [3.63, 3.8) is 0 Å². The summed E-state index contributed by atoms with van der Waals surface area (Å²) in [6.07, 6.45) is -8.55. The Morgan fingerprint density at radius 3 is 2.60 bits per heavy atom. The number of aromatic nitrogens is 3. The van der Waals surface area contributed by atoms with Crippen LogP contribution in [0, 0.1) is 0 Å². The minimum Gasteiger partial charge on any atom is -0.492 e. The molecule has 0 unspecified atom stereocenters. The number of halogens is 6. The molecule has 35 heavy (non-hydrogen) atoms. The second-order valence-electron chi connectivity index (χ2n) is 7.28. The Bertz CT molecular complexity index is 1270. The monoisotopic (exact) mass is 519 g/mol. The van der Waals surface area contributed by atoms with Crippen LogP contribution in [0.15, 0.2) is 36.4 Å². The summed E-state index contributed by atoms with van der Waals surface area (Å²) in [5, 5.41) is 16.3. The maximum absolute atomic E-state index is 13.8. The molecule has 0 saturated heterocycles. The van der Waals surface area contributed by atoms with E-state index in [1.165, 1.54) is 43.5 Å². The lowest BCUT2D eigenvalue weighted by atomic mass is 9.98. The van der Waals surface area contributed by atoms with Crippen LogP contribution < -0.4 is 9.47 Å². The first kappa shape index (κ1) is 24.7. The molecule has 8 nitrogen and oxygen atoms in total. The van der Waals surface area contributed by atoms with E-state index >= 15 is 0 Å². The number of fused-ring (bicyclic) bond motifs is 3. The van der Waals surface area contributed by atoms with Crippen LogP contribution in [0.25, 0.3) is 5.69 Å². The molecule has 3 aromatic rings. The quantitative estimate of drug-likeness (QED) is 0.448. The van der Waals surface area contributed by atoms with E-state index in [2.05, 4.69) is 14.9 Å². The summed E-state index contributed by atoms with van der Waals surface area (Å²) in [4.78, 5) is 11.6. The lowest BCUT2D eigenvalue weighted by molar-refractivity contribution is -0.146. The van der Waals surface area contributed by atoms with Crippen molar-refractivity contribution in [3.8, 4) is 17.2 Å². The summed E-state index contributed by atoms with van der Waals surface area (Å²) < 4.78 is 83.7. The van der Waals surface area contributed by atoms with Gasteiger partial charge in [0.2, 0.25) is 5.82 Å². The van der Waals surface area contributed by atoms with Gasteiger partial charge in [-0.25, -0.2) is 0 Å². The lowest BCUT2D eigenvalue weighted by Gasteiger charge is -2.24. The van der Waals surface area contributed by atoms with Crippen LogP contribution in [-0.4, -0.2) is 39.6 Å². The second-order valence-corrected chi connectivity index (χ2v) is 7.71. The van der Waals surface area contributed by atoms with Crippen LogP contribution in [0.2, 0.25) is 5.02 Å². The van der Waals surface area contributed by atoms with Crippen LogP contribution in [0.3, 0.4) is 0 Å². The van der Waals surface area contributed by atoms with Crippen molar-refractivity contribution < 1.29 is 46.1 Å². The summed E-state index contributed by atoms with van der Waals surface area (Å²) in [7, 11) is 1.18. The van der Waals surface area contributed by atoms with Crippen molar-refractivity contribution in [2.75, 3.05) is 7.11 Å². The van der Waals surface area contributed by atoms with Crippen LogP contribution in [0.5, 0.6) is 11.5 Å². The number of carboxylic acids is 1. The maximum atomic E-state index is 13.8. The average Bonchev–Trinajstić information content (AvgIpc) is 3.17. The van der Waals surface area contributed by atoms with Gasteiger partial charge in [0.25, 0.3) is 0 Å². The van der Waals surface area contributed by atoms with Gasteiger partial charge in [0.1, 0.15) is 12.2 Å². The van der Waals surface area contributed by atoms with Gasteiger partial charge in [0, 0.05) is 16.1 Å². The summed E-state index contributed by atoms with van der Waals surface area (Å²) >= 11 is 6.14. The Morgan fingerprint density at radius 1 is 1.23 bits per heavy atom. The Kier molecular flexibility index (Phi) is 6.56. The number of alkyl halides is 5. The van der Waals surface area contributed by atoms with Gasteiger partial charge in [-0.1, -0.05) is 23.7 Å². The predicted molar refractivity (Wildman–Crippen MR) is 109 cm³/mol. The zero-order valence-corrected chi connectivity index (χ0v) is 18.3. The second kappa shape index (κ2) is 9.30. The van der Waals surface area contributed by atoms with Gasteiger partial charge >= 0.3 is 18.8 Å². The number of nitrogens with zero attached hydrogens (tertiary/aromatic N) is 3. The SMILES string of the molecule is COc1c(OC(F)F)cccc1[C@H]1O[C@H](CC(=O)O)c2nnc(C(F)(F)F)n2-c2ccc(Cl)cc21. The highest BCUT2D eigenvalue weighted by molar-refractivity contribution is 6.30. The molecule has 14 heteroatoms. The number of para-hydroxylation sites is 1. The molecular formula is C21H15ClF5N3O5. The molecule has 2 heterocycles. The highest BCUT2D eigenvalue weighted by atomic mass is 35.5. The van der Waals surface area contributed by atoms with E-state index < -0.39 is 49.0 Å². The Labute approximate surface area is 198 Å². The number of methoxy groups -OCH3 is 1. The van der Waals surface area contributed by atoms with E-state index in [-0.39, 0.29) is 33.3 Å². The average molecular weight is 520 g/mol. The molecular weight excluding hydrogens is 505 g/mol. The van der Waals surface area contributed by atoms with Crippen molar-refractivity contribution >= 4 is 17.6 Å². The molecule has 4 rings (SSSR count). The number of carbonyl (C=O) groups is 1. The topological polar surface area (TPSA) is 95.7 Å². The van der Waals surface area contributed by atoms with Crippen LogP contribution in [0.1, 0.15) is 41.4 Å². The zero-order valence-electron chi connectivity index (χ0n) is 17.6.